The molecule has 1 aliphatic heterocycles. The fraction of sp³-hybridized carbons (Fsp3) is 0.333. The molecule has 33 heavy (non-hydrogen) atoms. The fourth-order valence-corrected chi connectivity index (χ4v) is 4.11. The summed E-state index contributed by atoms with van der Waals surface area (Å²) >= 11 is 0. The molecule has 0 radical (unpaired) electrons. The lowest BCUT2D eigenvalue weighted by Crippen LogP contribution is -2.58. The molecule has 1 aliphatic rings. The summed E-state index contributed by atoms with van der Waals surface area (Å²) < 4.78 is 26.5. The second-order valence-corrected chi connectivity index (χ2v) is 7.73. The van der Waals surface area contributed by atoms with Crippen LogP contribution in [0.15, 0.2) is 30.6 Å². The number of aliphatic hydroxyl groups is 3. The number of phenolic OH excluding ortho intramolecular Hbond substituents is 2. The van der Waals surface area contributed by atoms with E-state index in [0.29, 0.717) is 0 Å². The van der Waals surface area contributed by atoms with Crippen molar-refractivity contribution in [1.29, 1.82) is 0 Å². The molecule has 0 aliphatic carbocycles. The van der Waals surface area contributed by atoms with Crippen LogP contribution < -0.4 is 20.7 Å². The highest BCUT2D eigenvalue weighted by Gasteiger charge is 2.43. The summed E-state index contributed by atoms with van der Waals surface area (Å²) in [5.41, 5.74) is -2.44. The third-order valence-corrected chi connectivity index (χ3v) is 5.77. The zero-order valence-corrected chi connectivity index (χ0v) is 17.1. The minimum atomic E-state index is -1.70. The topological polar surface area (TPSA) is 189 Å². The van der Waals surface area contributed by atoms with Crippen LogP contribution in [0.2, 0.25) is 0 Å². The number of benzene rings is 2. The molecule has 4 aromatic rings. The van der Waals surface area contributed by atoms with Crippen molar-refractivity contribution in [2.45, 2.75) is 37.6 Å². The smallest absolute Gasteiger partial charge is 0.348 e. The number of hydrogen-bond acceptors (Lipinski definition) is 12. The number of aromatic hydroxyl groups is 2. The molecule has 0 saturated carbocycles. The first-order valence-corrected chi connectivity index (χ1v) is 9.79. The van der Waals surface area contributed by atoms with E-state index in [1.807, 2.05) is 0 Å². The zero-order valence-electron chi connectivity index (χ0n) is 17.1. The Morgan fingerprint density at radius 1 is 0.909 bits per heavy atom. The van der Waals surface area contributed by atoms with E-state index >= 15 is 0 Å². The van der Waals surface area contributed by atoms with Crippen LogP contribution in [0.25, 0.3) is 32.7 Å². The second kappa shape index (κ2) is 7.22. The number of rotatable bonds is 3. The first-order valence-electron chi connectivity index (χ1n) is 9.79. The van der Waals surface area contributed by atoms with E-state index in [4.69, 9.17) is 23.0 Å². The van der Waals surface area contributed by atoms with Gasteiger partial charge in [-0.1, -0.05) is 0 Å². The van der Waals surface area contributed by atoms with Gasteiger partial charge in [-0.25, -0.2) is 9.59 Å². The lowest BCUT2D eigenvalue weighted by atomic mass is 10.00. The molecule has 3 heterocycles. The Kier molecular flexibility index (Phi) is 4.65. The van der Waals surface area contributed by atoms with E-state index in [0.717, 1.165) is 12.1 Å². The molecule has 0 unspecified atom stereocenters. The first kappa shape index (κ1) is 21.3. The van der Waals surface area contributed by atoms with Gasteiger partial charge in [-0.2, -0.15) is 0 Å². The molecule has 1 fully saturated rings. The van der Waals surface area contributed by atoms with Gasteiger partial charge in [0, 0.05) is 16.8 Å². The van der Waals surface area contributed by atoms with E-state index in [2.05, 4.69) is 0 Å². The molecule has 0 bridgehead atoms. The summed E-state index contributed by atoms with van der Waals surface area (Å²) in [6, 6.07) is 2.20. The molecule has 2 aromatic heterocycles. The van der Waals surface area contributed by atoms with E-state index < -0.39 is 64.8 Å². The van der Waals surface area contributed by atoms with Gasteiger partial charge in [-0.15, -0.1) is 0 Å². The van der Waals surface area contributed by atoms with Gasteiger partial charge >= 0.3 is 11.3 Å². The number of aliphatic hydroxyl groups excluding tert-OH is 3. The Labute approximate surface area is 182 Å². The summed E-state index contributed by atoms with van der Waals surface area (Å²) in [4.78, 5) is 25.4. The summed E-state index contributed by atoms with van der Waals surface area (Å²) in [6.45, 7) is 1.44. The maximum absolute atomic E-state index is 12.7. The van der Waals surface area contributed by atoms with Crippen LogP contribution in [0.5, 0.6) is 23.0 Å². The molecule has 5 rings (SSSR count). The molecule has 2 aromatic carbocycles. The van der Waals surface area contributed by atoms with E-state index in [-0.39, 0.29) is 32.9 Å². The largest absolute Gasteiger partial charge is 0.504 e. The number of methoxy groups -OCH3 is 1. The van der Waals surface area contributed by atoms with Crippen molar-refractivity contribution in [3.63, 3.8) is 0 Å². The predicted octanol–water partition coefficient (Wildman–Crippen LogP) is 0.116. The lowest BCUT2D eigenvalue weighted by molar-refractivity contribution is -0.268. The Hall–Kier alpha value is -3.58. The molecule has 0 amide bonds. The minimum absolute atomic E-state index is 0.0212. The van der Waals surface area contributed by atoms with Gasteiger partial charge in [0.05, 0.1) is 18.6 Å². The third kappa shape index (κ3) is 2.92. The molecule has 12 heteroatoms. The highest BCUT2D eigenvalue weighted by atomic mass is 16.7. The number of phenols is 2. The molecule has 5 atom stereocenters. The van der Waals surface area contributed by atoms with Crippen LogP contribution in [0.4, 0.5) is 0 Å². The van der Waals surface area contributed by atoms with Crippen LogP contribution in [-0.2, 0) is 4.74 Å². The second-order valence-electron chi connectivity index (χ2n) is 7.73. The van der Waals surface area contributed by atoms with Gasteiger partial charge in [0.2, 0.25) is 12.0 Å². The van der Waals surface area contributed by atoms with Crippen molar-refractivity contribution in [2.24, 2.45) is 0 Å². The van der Waals surface area contributed by atoms with Gasteiger partial charge in [-0.3, -0.25) is 0 Å². The fourth-order valence-electron chi connectivity index (χ4n) is 4.11. The van der Waals surface area contributed by atoms with Crippen LogP contribution >= 0.6 is 0 Å². The summed E-state index contributed by atoms with van der Waals surface area (Å²) in [7, 11) is 1.23. The van der Waals surface area contributed by atoms with E-state index in [1.165, 1.54) is 14.0 Å². The third-order valence-electron chi connectivity index (χ3n) is 5.77. The quantitative estimate of drug-likeness (QED) is 0.204. The van der Waals surface area contributed by atoms with Crippen LogP contribution in [0.3, 0.4) is 0 Å². The molecule has 174 valence electrons. The summed E-state index contributed by atoms with van der Waals surface area (Å²) in [5, 5.41) is 50.7. The highest BCUT2D eigenvalue weighted by Crippen LogP contribution is 2.45. The van der Waals surface area contributed by atoms with Crippen molar-refractivity contribution in [3.05, 3.63) is 33.0 Å². The lowest BCUT2D eigenvalue weighted by Gasteiger charge is -2.38. The first-order chi connectivity index (χ1) is 15.6. The van der Waals surface area contributed by atoms with Gasteiger partial charge in [0.25, 0.3) is 0 Å². The maximum atomic E-state index is 12.7. The SMILES string of the molecule is COc1c(O)cc2oc(=O)c3cc(O[C@@H]4O[C@@H](C)[C@H](O)[C@@H](O)[C@H]4O)c(O)c4oc(=O)c1c2c43. The zero-order chi connectivity index (χ0) is 23.8. The van der Waals surface area contributed by atoms with Gasteiger partial charge in [0.1, 0.15) is 29.3 Å². The van der Waals surface area contributed by atoms with Crippen molar-refractivity contribution < 1.29 is 48.6 Å². The normalized spacial score (nSPS) is 25.8. The van der Waals surface area contributed by atoms with Gasteiger partial charge in [0.15, 0.2) is 22.8 Å². The van der Waals surface area contributed by atoms with Crippen molar-refractivity contribution in [2.75, 3.05) is 7.11 Å². The average Bonchev–Trinajstić information content (AvgIpc) is 2.77. The maximum Gasteiger partial charge on any atom is 0.348 e. The molecular weight excluding hydrogens is 444 g/mol. The standard InChI is InChI=1S/C21H18O12/c1-5-13(23)15(25)16(26)21(30-5)32-9-3-6-10-11-8(31-19(6)27)4-7(22)17(29-2)12(11)20(28)33-18(10)14(9)24/h3-5,13,15-16,21-26H,1-2H3/t5-,13-,15+,16+,21-/m0/s1. The Morgan fingerprint density at radius 3 is 2.33 bits per heavy atom. The highest BCUT2D eigenvalue weighted by molar-refractivity contribution is 6.22. The van der Waals surface area contributed by atoms with E-state index in [9.17, 15) is 35.1 Å². The summed E-state index contributed by atoms with van der Waals surface area (Å²) in [5.74, 6) is -1.76. The van der Waals surface area contributed by atoms with Gasteiger partial charge < -0.3 is 48.6 Å². The Bertz CT molecular complexity index is 1500. The summed E-state index contributed by atoms with van der Waals surface area (Å²) in [6.07, 6.45) is -7.14. The van der Waals surface area contributed by atoms with Crippen molar-refractivity contribution in [3.8, 4) is 23.0 Å². The molecule has 5 N–H and O–H groups in total. The Balaban J connectivity index is 1.77. The number of ether oxygens (including phenoxy) is 3. The van der Waals surface area contributed by atoms with Crippen LogP contribution in [0, 0.1) is 0 Å². The van der Waals surface area contributed by atoms with Crippen molar-refractivity contribution in [1.82, 2.24) is 0 Å². The average molecular weight is 462 g/mol. The van der Waals surface area contributed by atoms with Crippen molar-refractivity contribution >= 4 is 32.7 Å². The van der Waals surface area contributed by atoms with Gasteiger partial charge in [-0.05, 0) is 13.0 Å². The molecule has 1 saturated heterocycles. The number of hydrogen-bond donors (Lipinski definition) is 5. The molecule has 12 nitrogen and oxygen atoms in total. The molecular formula is C21H18O12. The van der Waals surface area contributed by atoms with Crippen LogP contribution in [0.1, 0.15) is 6.92 Å². The Morgan fingerprint density at radius 2 is 1.64 bits per heavy atom. The van der Waals surface area contributed by atoms with Crippen LogP contribution in [-0.4, -0.2) is 63.3 Å². The molecule has 0 spiro atoms. The predicted molar refractivity (Wildman–Crippen MR) is 110 cm³/mol. The monoisotopic (exact) mass is 462 g/mol. The van der Waals surface area contributed by atoms with E-state index in [1.54, 1.807) is 0 Å². The minimum Gasteiger partial charge on any atom is -0.504 e.